The molecular weight excluding hydrogens is 368 g/mol. The number of hydrogen-bond donors (Lipinski definition) is 1. The third-order valence-corrected chi connectivity index (χ3v) is 5.06. The number of benzene rings is 2. The van der Waals surface area contributed by atoms with Gasteiger partial charge >= 0.3 is 0 Å². The van der Waals surface area contributed by atoms with Crippen LogP contribution in [0.4, 0.5) is 11.4 Å². The van der Waals surface area contributed by atoms with E-state index in [-0.39, 0.29) is 18.2 Å². The van der Waals surface area contributed by atoms with Crippen LogP contribution < -0.4 is 10.3 Å². The van der Waals surface area contributed by atoms with Gasteiger partial charge in [0.2, 0.25) is 5.91 Å². The topological polar surface area (TPSA) is 74.2 Å². The van der Waals surface area contributed by atoms with E-state index in [1.807, 2.05) is 42.5 Å². The molecule has 150 valence electrons. The average Bonchev–Trinajstić information content (AvgIpc) is 2.77. The van der Waals surface area contributed by atoms with Crippen molar-refractivity contribution in [1.82, 2.24) is 4.90 Å². The van der Waals surface area contributed by atoms with Crippen molar-refractivity contribution < 1.29 is 14.3 Å². The lowest BCUT2D eigenvalue weighted by Gasteiger charge is -2.27. The second-order valence-electron chi connectivity index (χ2n) is 7.09. The number of ether oxygens (including phenoxy) is 1. The molecule has 0 aliphatic carbocycles. The molecule has 2 aliphatic rings. The van der Waals surface area contributed by atoms with E-state index >= 15 is 0 Å². The summed E-state index contributed by atoms with van der Waals surface area (Å²) in [5.41, 5.74) is 2.84. The van der Waals surface area contributed by atoms with Gasteiger partial charge in [0.05, 0.1) is 18.9 Å². The number of hydrazone groups is 1. The number of hydrogen-bond acceptors (Lipinski definition) is 5. The molecule has 29 heavy (non-hydrogen) atoms. The SMILES string of the molecule is O=C(Nc1ccccc1CN1CCOCC1)C1=NN(c2ccccc2)C(=O)CC1. The van der Waals surface area contributed by atoms with E-state index < -0.39 is 0 Å². The predicted octanol–water partition coefficient (Wildman–Crippen LogP) is 2.64. The van der Waals surface area contributed by atoms with Gasteiger partial charge in [0.1, 0.15) is 5.71 Å². The maximum absolute atomic E-state index is 12.9. The van der Waals surface area contributed by atoms with E-state index in [9.17, 15) is 9.59 Å². The fraction of sp³-hybridized carbons (Fsp3) is 0.318. The molecule has 0 aromatic heterocycles. The van der Waals surface area contributed by atoms with E-state index in [2.05, 4.69) is 15.3 Å². The first-order valence-corrected chi connectivity index (χ1v) is 9.85. The van der Waals surface area contributed by atoms with Crippen molar-refractivity contribution in [3.8, 4) is 0 Å². The number of rotatable bonds is 5. The molecule has 0 atom stereocenters. The number of nitrogens with zero attached hydrogens (tertiary/aromatic N) is 3. The average molecular weight is 392 g/mol. The zero-order valence-corrected chi connectivity index (χ0v) is 16.2. The summed E-state index contributed by atoms with van der Waals surface area (Å²) in [6, 6.07) is 17.0. The molecule has 0 saturated carbocycles. The Balaban J connectivity index is 1.50. The second-order valence-corrected chi connectivity index (χ2v) is 7.09. The van der Waals surface area contributed by atoms with Gasteiger partial charge in [-0.3, -0.25) is 14.5 Å². The van der Waals surface area contributed by atoms with E-state index in [4.69, 9.17) is 4.74 Å². The monoisotopic (exact) mass is 392 g/mol. The van der Waals surface area contributed by atoms with E-state index in [1.165, 1.54) is 5.01 Å². The van der Waals surface area contributed by atoms with Gasteiger partial charge in [0.25, 0.3) is 5.91 Å². The van der Waals surface area contributed by atoms with E-state index in [0.717, 1.165) is 44.1 Å². The Morgan fingerprint density at radius 1 is 1.00 bits per heavy atom. The first-order valence-electron chi connectivity index (χ1n) is 9.85. The van der Waals surface area contributed by atoms with Crippen molar-refractivity contribution in [3.63, 3.8) is 0 Å². The van der Waals surface area contributed by atoms with Crippen LogP contribution in [-0.4, -0.2) is 48.7 Å². The summed E-state index contributed by atoms with van der Waals surface area (Å²) < 4.78 is 5.41. The highest BCUT2D eigenvalue weighted by molar-refractivity contribution is 6.44. The Morgan fingerprint density at radius 2 is 1.72 bits per heavy atom. The van der Waals surface area contributed by atoms with Gasteiger partial charge in [-0.15, -0.1) is 0 Å². The molecule has 1 saturated heterocycles. The quantitative estimate of drug-likeness (QED) is 0.849. The lowest BCUT2D eigenvalue weighted by atomic mass is 10.1. The summed E-state index contributed by atoms with van der Waals surface area (Å²) in [5.74, 6) is -0.381. The first kappa shape index (κ1) is 19.3. The van der Waals surface area contributed by atoms with Gasteiger partial charge < -0.3 is 10.1 Å². The van der Waals surface area contributed by atoms with Crippen LogP contribution in [0, 0.1) is 0 Å². The molecule has 2 aromatic rings. The zero-order valence-electron chi connectivity index (χ0n) is 16.2. The predicted molar refractivity (Wildman–Crippen MR) is 112 cm³/mol. The Kier molecular flexibility index (Phi) is 5.97. The zero-order chi connectivity index (χ0) is 20.1. The standard InChI is InChI=1S/C22H24N4O3/c27-21-11-10-20(24-26(21)18-7-2-1-3-8-18)22(28)23-19-9-5-4-6-17(19)16-25-12-14-29-15-13-25/h1-9H,10-16H2,(H,23,28). The van der Waals surface area contributed by atoms with Crippen LogP contribution in [0.15, 0.2) is 59.7 Å². The summed E-state index contributed by atoms with van der Waals surface area (Å²) >= 11 is 0. The number of morpholine rings is 1. The maximum atomic E-state index is 12.9. The molecule has 1 fully saturated rings. The van der Waals surface area contributed by atoms with Gasteiger partial charge in [0, 0.05) is 38.2 Å². The summed E-state index contributed by atoms with van der Waals surface area (Å²) in [5, 5.41) is 8.64. The summed E-state index contributed by atoms with van der Waals surface area (Å²) in [6.07, 6.45) is 0.593. The van der Waals surface area contributed by atoms with Crippen LogP contribution in [0.3, 0.4) is 0 Å². The van der Waals surface area contributed by atoms with Crippen molar-refractivity contribution >= 4 is 28.9 Å². The number of anilines is 2. The third kappa shape index (κ3) is 4.70. The van der Waals surface area contributed by atoms with Crippen LogP contribution in [-0.2, 0) is 20.9 Å². The number of nitrogens with one attached hydrogen (secondary N) is 1. The first-order chi connectivity index (χ1) is 14.2. The van der Waals surface area contributed by atoms with Gasteiger partial charge in [-0.25, -0.2) is 5.01 Å². The molecule has 0 unspecified atom stereocenters. The highest BCUT2D eigenvalue weighted by Gasteiger charge is 2.26. The molecule has 2 aromatic carbocycles. The molecule has 1 N–H and O–H groups in total. The summed E-state index contributed by atoms with van der Waals surface area (Å²) in [7, 11) is 0. The van der Waals surface area contributed by atoms with E-state index in [1.54, 1.807) is 12.1 Å². The van der Waals surface area contributed by atoms with Crippen LogP contribution >= 0.6 is 0 Å². The smallest absolute Gasteiger partial charge is 0.271 e. The van der Waals surface area contributed by atoms with Gasteiger partial charge in [-0.05, 0) is 23.8 Å². The van der Waals surface area contributed by atoms with Crippen molar-refractivity contribution in [2.75, 3.05) is 36.6 Å². The second kappa shape index (κ2) is 8.98. The molecule has 0 spiro atoms. The normalized spacial score (nSPS) is 17.7. The van der Waals surface area contributed by atoms with Crippen molar-refractivity contribution in [2.45, 2.75) is 19.4 Å². The third-order valence-electron chi connectivity index (χ3n) is 5.06. The van der Waals surface area contributed by atoms with Crippen molar-refractivity contribution in [1.29, 1.82) is 0 Å². The highest BCUT2D eigenvalue weighted by atomic mass is 16.5. The Labute approximate surface area is 169 Å². The number of carbonyl (C=O) groups is 2. The Morgan fingerprint density at radius 3 is 2.52 bits per heavy atom. The minimum Gasteiger partial charge on any atom is -0.379 e. The van der Waals surface area contributed by atoms with Crippen LogP contribution in [0.2, 0.25) is 0 Å². The molecule has 7 heteroatoms. The van der Waals surface area contributed by atoms with Crippen molar-refractivity contribution in [3.05, 3.63) is 60.2 Å². The maximum Gasteiger partial charge on any atom is 0.271 e. The Hall–Kier alpha value is -3.03. The van der Waals surface area contributed by atoms with E-state index in [0.29, 0.717) is 17.8 Å². The minimum absolute atomic E-state index is 0.111. The van der Waals surface area contributed by atoms with Crippen molar-refractivity contribution in [2.24, 2.45) is 5.10 Å². The molecule has 0 bridgehead atoms. The molecule has 4 rings (SSSR count). The lowest BCUT2D eigenvalue weighted by Crippen LogP contribution is -2.37. The fourth-order valence-electron chi connectivity index (χ4n) is 3.46. The van der Waals surface area contributed by atoms with Gasteiger partial charge in [-0.2, -0.15) is 5.10 Å². The fourth-order valence-corrected chi connectivity index (χ4v) is 3.46. The van der Waals surface area contributed by atoms with Gasteiger partial charge in [0.15, 0.2) is 0 Å². The highest BCUT2D eigenvalue weighted by Crippen LogP contribution is 2.22. The minimum atomic E-state index is -0.271. The summed E-state index contributed by atoms with van der Waals surface area (Å²) in [6.45, 7) is 3.97. The molecule has 2 amide bonds. The Bertz CT molecular complexity index is 907. The number of amides is 2. The summed E-state index contributed by atoms with van der Waals surface area (Å²) in [4.78, 5) is 27.5. The molecular formula is C22H24N4O3. The molecule has 2 aliphatic heterocycles. The number of carbonyl (C=O) groups excluding carboxylic acids is 2. The van der Waals surface area contributed by atoms with Crippen LogP contribution in [0.25, 0.3) is 0 Å². The number of para-hydroxylation sites is 2. The molecule has 0 radical (unpaired) electrons. The van der Waals surface area contributed by atoms with Crippen LogP contribution in [0.1, 0.15) is 18.4 Å². The van der Waals surface area contributed by atoms with Gasteiger partial charge in [-0.1, -0.05) is 36.4 Å². The lowest BCUT2D eigenvalue weighted by molar-refractivity contribution is -0.118. The molecule has 2 heterocycles. The van der Waals surface area contributed by atoms with Crippen LogP contribution in [0.5, 0.6) is 0 Å². The largest absolute Gasteiger partial charge is 0.379 e. The molecule has 7 nitrogen and oxygen atoms in total.